The number of aliphatic hydroxyl groups is 1. The molecule has 0 aliphatic heterocycles. The summed E-state index contributed by atoms with van der Waals surface area (Å²) < 4.78 is 0. The van der Waals surface area contributed by atoms with E-state index in [1.165, 1.54) is 22.3 Å². The largest absolute Gasteiger partial charge is 0.396 e. The van der Waals surface area contributed by atoms with Crippen LogP contribution in [0.1, 0.15) is 86.5 Å². The van der Waals surface area contributed by atoms with Crippen LogP contribution in [0.15, 0.2) is 46.6 Å². The summed E-state index contributed by atoms with van der Waals surface area (Å²) in [5, 5.41) is 9.32. The van der Waals surface area contributed by atoms with Crippen LogP contribution in [0.25, 0.3) is 0 Å². The van der Waals surface area contributed by atoms with Gasteiger partial charge in [0.05, 0.1) is 0 Å². The van der Waals surface area contributed by atoms with Crippen molar-refractivity contribution in [1.29, 1.82) is 0 Å². The van der Waals surface area contributed by atoms with Crippen LogP contribution < -0.4 is 0 Å². The lowest BCUT2D eigenvalue weighted by molar-refractivity contribution is 0.257. The predicted molar refractivity (Wildman–Crippen MR) is 109 cm³/mol. The van der Waals surface area contributed by atoms with Gasteiger partial charge in [-0.3, -0.25) is 0 Å². The second-order valence-electron chi connectivity index (χ2n) is 7.59. The standard InChI is InChI=1S/C23H40O/c1-19(2)9-7-11-21(5)13-15-23(17-18-24)16-14-22(6)12-8-10-20(3)4/h9-10,13-14,23-24H,7-8,11-12,15-18H2,1-6H3/b21-13+,22-14+. The van der Waals surface area contributed by atoms with Gasteiger partial charge in [0.25, 0.3) is 0 Å². The molecule has 138 valence electrons. The van der Waals surface area contributed by atoms with Crippen molar-refractivity contribution in [3.8, 4) is 0 Å². The van der Waals surface area contributed by atoms with Crippen molar-refractivity contribution in [2.45, 2.75) is 86.5 Å². The molecule has 0 heterocycles. The molecule has 0 unspecified atom stereocenters. The molecule has 0 bridgehead atoms. The Morgan fingerprint density at radius 2 is 1.12 bits per heavy atom. The smallest absolute Gasteiger partial charge is 0.0433 e. The first-order chi connectivity index (χ1) is 11.3. The fourth-order valence-electron chi connectivity index (χ4n) is 2.63. The first kappa shape index (κ1) is 22.9. The number of rotatable bonds is 12. The average molecular weight is 333 g/mol. The second-order valence-corrected chi connectivity index (χ2v) is 7.59. The molecule has 0 spiro atoms. The van der Waals surface area contributed by atoms with Crippen LogP contribution >= 0.6 is 0 Å². The molecule has 1 heteroatoms. The van der Waals surface area contributed by atoms with Crippen molar-refractivity contribution in [1.82, 2.24) is 0 Å². The Bertz CT molecular complexity index is 401. The Labute approximate surface area is 151 Å². The Hall–Kier alpha value is -1.08. The molecule has 0 saturated heterocycles. The maximum atomic E-state index is 9.32. The van der Waals surface area contributed by atoms with E-state index in [9.17, 15) is 5.11 Å². The summed E-state index contributed by atoms with van der Waals surface area (Å²) in [5.41, 5.74) is 5.74. The van der Waals surface area contributed by atoms with Crippen molar-refractivity contribution in [2.24, 2.45) is 5.92 Å². The molecule has 0 aromatic heterocycles. The molecule has 0 aliphatic rings. The minimum absolute atomic E-state index is 0.292. The van der Waals surface area contributed by atoms with Crippen LogP contribution in [-0.4, -0.2) is 11.7 Å². The van der Waals surface area contributed by atoms with E-state index in [1.807, 2.05) is 0 Å². The summed E-state index contributed by atoms with van der Waals surface area (Å²) in [6.07, 6.45) is 17.0. The predicted octanol–water partition coefficient (Wildman–Crippen LogP) is 7.15. The fraction of sp³-hybridized carbons (Fsp3) is 0.652. The van der Waals surface area contributed by atoms with Gasteiger partial charge in [0.1, 0.15) is 0 Å². The summed E-state index contributed by atoms with van der Waals surface area (Å²) in [6.45, 7) is 13.4. The van der Waals surface area contributed by atoms with Crippen LogP contribution in [0.5, 0.6) is 0 Å². The zero-order valence-corrected chi connectivity index (χ0v) is 17.0. The maximum Gasteiger partial charge on any atom is 0.0433 e. The van der Waals surface area contributed by atoms with Gasteiger partial charge in [0.15, 0.2) is 0 Å². The Balaban J connectivity index is 4.37. The Kier molecular flexibility index (Phi) is 13.6. The number of aliphatic hydroxyl groups excluding tert-OH is 1. The first-order valence-corrected chi connectivity index (χ1v) is 9.54. The highest BCUT2D eigenvalue weighted by Crippen LogP contribution is 2.19. The van der Waals surface area contributed by atoms with Crippen molar-refractivity contribution in [3.63, 3.8) is 0 Å². The van der Waals surface area contributed by atoms with Gasteiger partial charge >= 0.3 is 0 Å². The third-order valence-electron chi connectivity index (χ3n) is 4.32. The number of hydrogen-bond donors (Lipinski definition) is 1. The molecule has 1 nitrogen and oxygen atoms in total. The minimum atomic E-state index is 0.292. The molecule has 0 aliphatic carbocycles. The van der Waals surface area contributed by atoms with Gasteiger partial charge in [-0.1, -0.05) is 46.6 Å². The third-order valence-corrected chi connectivity index (χ3v) is 4.32. The monoisotopic (exact) mass is 332 g/mol. The van der Waals surface area contributed by atoms with E-state index in [0.29, 0.717) is 12.5 Å². The zero-order chi connectivity index (χ0) is 18.4. The lowest BCUT2D eigenvalue weighted by Gasteiger charge is -2.13. The summed E-state index contributed by atoms with van der Waals surface area (Å²) in [5.74, 6) is 0.562. The molecule has 0 fully saturated rings. The maximum absolute atomic E-state index is 9.32. The average Bonchev–Trinajstić information content (AvgIpc) is 2.49. The van der Waals surface area contributed by atoms with Crippen molar-refractivity contribution in [3.05, 3.63) is 46.6 Å². The Morgan fingerprint density at radius 1 is 0.708 bits per heavy atom. The molecule has 0 radical (unpaired) electrons. The molecular weight excluding hydrogens is 292 g/mol. The molecule has 0 rings (SSSR count). The van der Waals surface area contributed by atoms with Gasteiger partial charge in [-0.05, 0) is 92.4 Å². The van der Waals surface area contributed by atoms with E-state index >= 15 is 0 Å². The van der Waals surface area contributed by atoms with E-state index in [-0.39, 0.29) is 0 Å². The second kappa shape index (κ2) is 14.3. The summed E-state index contributed by atoms with van der Waals surface area (Å²) >= 11 is 0. The van der Waals surface area contributed by atoms with Crippen molar-refractivity contribution in [2.75, 3.05) is 6.61 Å². The summed E-state index contributed by atoms with van der Waals surface area (Å²) in [7, 11) is 0. The van der Waals surface area contributed by atoms with Gasteiger partial charge in [0.2, 0.25) is 0 Å². The molecular formula is C23H40O. The van der Waals surface area contributed by atoms with E-state index in [0.717, 1.165) is 44.9 Å². The van der Waals surface area contributed by atoms with Gasteiger partial charge < -0.3 is 5.11 Å². The van der Waals surface area contributed by atoms with Crippen molar-refractivity contribution >= 4 is 0 Å². The molecule has 0 amide bonds. The third kappa shape index (κ3) is 14.5. The van der Waals surface area contributed by atoms with Crippen LogP contribution in [0.4, 0.5) is 0 Å². The van der Waals surface area contributed by atoms with Gasteiger partial charge in [-0.15, -0.1) is 0 Å². The highest BCUT2D eigenvalue weighted by atomic mass is 16.3. The zero-order valence-electron chi connectivity index (χ0n) is 17.0. The highest BCUT2D eigenvalue weighted by Gasteiger charge is 2.05. The highest BCUT2D eigenvalue weighted by molar-refractivity contribution is 5.05. The van der Waals surface area contributed by atoms with Gasteiger partial charge in [-0.25, -0.2) is 0 Å². The van der Waals surface area contributed by atoms with E-state index < -0.39 is 0 Å². The lowest BCUT2D eigenvalue weighted by Crippen LogP contribution is -2.01. The number of allylic oxidation sites excluding steroid dienone is 8. The normalized spacial score (nSPS) is 13.6. The van der Waals surface area contributed by atoms with Crippen LogP contribution in [0, 0.1) is 5.92 Å². The quantitative estimate of drug-likeness (QED) is 0.376. The molecule has 0 saturated carbocycles. The lowest BCUT2D eigenvalue weighted by atomic mass is 9.94. The van der Waals surface area contributed by atoms with Crippen LogP contribution in [0.2, 0.25) is 0 Å². The Morgan fingerprint density at radius 3 is 1.46 bits per heavy atom. The van der Waals surface area contributed by atoms with Gasteiger partial charge in [-0.2, -0.15) is 0 Å². The van der Waals surface area contributed by atoms with Crippen LogP contribution in [-0.2, 0) is 0 Å². The molecule has 1 N–H and O–H groups in total. The van der Waals surface area contributed by atoms with Gasteiger partial charge in [0, 0.05) is 6.61 Å². The minimum Gasteiger partial charge on any atom is -0.396 e. The van der Waals surface area contributed by atoms with E-state index in [2.05, 4.69) is 65.8 Å². The molecule has 24 heavy (non-hydrogen) atoms. The van der Waals surface area contributed by atoms with Crippen molar-refractivity contribution < 1.29 is 5.11 Å². The summed E-state index contributed by atoms with van der Waals surface area (Å²) in [6, 6.07) is 0. The molecule has 0 atom stereocenters. The first-order valence-electron chi connectivity index (χ1n) is 9.54. The van der Waals surface area contributed by atoms with Crippen LogP contribution in [0.3, 0.4) is 0 Å². The molecule has 0 aromatic carbocycles. The SMILES string of the molecule is CC(C)=CCC/C(C)=C/CC(C/C=C(\C)CCC=C(C)C)CCO. The number of hydrogen-bond acceptors (Lipinski definition) is 1. The summed E-state index contributed by atoms with van der Waals surface area (Å²) in [4.78, 5) is 0. The topological polar surface area (TPSA) is 20.2 Å². The van der Waals surface area contributed by atoms with E-state index in [4.69, 9.17) is 0 Å². The fourth-order valence-corrected chi connectivity index (χ4v) is 2.63. The molecule has 0 aromatic rings. The van der Waals surface area contributed by atoms with E-state index in [1.54, 1.807) is 0 Å².